The number of carbonyl (C=O) groups excluding carboxylic acids is 1. The maximum Gasteiger partial charge on any atom is 0.229 e. The van der Waals surface area contributed by atoms with Crippen LogP contribution in [0, 0.1) is 5.92 Å². The predicted molar refractivity (Wildman–Crippen MR) is 77.5 cm³/mol. The highest BCUT2D eigenvalue weighted by atomic mass is 32.1. The van der Waals surface area contributed by atoms with Crippen LogP contribution in [0.1, 0.15) is 6.42 Å². The normalized spacial score (nSPS) is 19.1. The molecule has 19 heavy (non-hydrogen) atoms. The Labute approximate surface area is 120 Å². The fraction of sp³-hybridized carbons (Fsp3) is 0.333. The summed E-state index contributed by atoms with van der Waals surface area (Å²) < 4.78 is 0. The fourth-order valence-corrected chi connectivity index (χ4v) is 3.15. The van der Waals surface area contributed by atoms with Gasteiger partial charge >= 0.3 is 0 Å². The van der Waals surface area contributed by atoms with Crippen molar-refractivity contribution >= 4 is 35.0 Å². The van der Waals surface area contributed by atoms with Crippen molar-refractivity contribution in [3.05, 3.63) is 24.5 Å². The molecule has 1 atom stereocenters. The molecule has 0 aliphatic carbocycles. The molecule has 0 aromatic carbocycles. The van der Waals surface area contributed by atoms with Crippen molar-refractivity contribution in [2.75, 3.05) is 17.2 Å². The first-order valence-corrected chi connectivity index (χ1v) is 7.38. The SMILES string of the molecule is O=C1CC(CS)CN1c1nnc(-c2ccncc2)s1. The Morgan fingerprint density at radius 1 is 1.37 bits per heavy atom. The Morgan fingerprint density at radius 2 is 2.16 bits per heavy atom. The molecule has 2 aromatic heterocycles. The first kappa shape index (κ1) is 12.6. The maximum atomic E-state index is 11.9. The average Bonchev–Trinajstić information content (AvgIpc) is 3.06. The molecule has 1 aliphatic rings. The summed E-state index contributed by atoms with van der Waals surface area (Å²) >= 11 is 5.68. The smallest absolute Gasteiger partial charge is 0.229 e. The number of thiol groups is 1. The molecule has 0 saturated carbocycles. The van der Waals surface area contributed by atoms with Crippen molar-refractivity contribution in [2.45, 2.75) is 6.42 Å². The van der Waals surface area contributed by atoms with Gasteiger partial charge in [-0.1, -0.05) is 11.3 Å². The van der Waals surface area contributed by atoms with Gasteiger partial charge in [-0.05, 0) is 23.8 Å². The third-order valence-electron chi connectivity index (χ3n) is 3.04. The molecule has 0 N–H and O–H groups in total. The molecule has 1 aliphatic heterocycles. The van der Waals surface area contributed by atoms with E-state index in [-0.39, 0.29) is 5.91 Å². The number of nitrogens with zero attached hydrogens (tertiary/aromatic N) is 4. The van der Waals surface area contributed by atoms with E-state index in [2.05, 4.69) is 27.8 Å². The molecule has 5 nitrogen and oxygen atoms in total. The summed E-state index contributed by atoms with van der Waals surface area (Å²) in [6, 6.07) is 3.76. The highest BCUT2D eigenvalue weighted by Crippen LogP contribution is 2.32. The van der Waals surface area contributed by atoms with E-state index in [0.29, 0.717) is 24.0 Å². The number of rotatable bonds is 3. The van der Waals surface area contributed by atoms with Gasteiger partial charge in [0.1, 0.15) is 5.01 Å². The zero-order valence-corrected chi connectivity index (χ0v) is 11.8. The van der Waals surface area contributed by atoms with Crippen LogP contribution >= 0.6 is 24.0 Å². The summed E-state index contributed by atoms with van der Waals surface area (Å²) in [6.07, 6.45) is 3.98. The lowest BCUT2D eigenvalue weighted by atomic mass is 10.1. The summed E-state index contributed by atoms with van der Waals surface area (Å²) in [6.45, 7) is 0.688. The third-order valence-corrected chi connectivity index (χ3v) is 4.55. The molecule has 0 spiro atoms. The fourth-order valence-electron chi connectivity index (χ4n) is 2.02. The molecule has 1 saturated heterocycles. The van der Waals surface area contributed by atoms with Gasteiger partial charge in [-0.2, -0.15) is 12.6 Å². The summed E-state index contributed by atoms with van der Waals surface area (Å²) in [5.41, 5.74) is 0.969. The van der Waals surface area contributed by atoms with E-state index in [0.717, 1.165) is 16.3 Å². The molecule has 98 valence electrons. The first-order chi connectivity index (χ1) is 9.28. The summed E-state index contributed by atoms with van der Waals surface area (Å²) in [4.78, 5) is 17.6. The van der Waals surface area contributed by atoms with Gasteiger partial charge in [0.05, 0.1) is 0 Å². The van der Waals surface area contributed by atoms with Crippen LogP contribution in [0.5, 0.6) is 0 Å². The van der Waals surface area contributed by atoms with Gasteiger partial charge in [-0.3, -0.25) is 14.7 Å². The minimum absolute atomic E-state index is 0.108. The van der Waals surface area contributed by atoms with E-state index in [1.165, 1.54) is 11.3 Å². The van der Waals surface area contributed by atoms with Crippen molar-refractivity contribution < 1.29 is 4.79 Å². The second-order valence-electron chi connectivity index (χ2n) is 4.38. The van der Waals surface area contributed by atoms with E-state index in [9.17, 15) is 4.79 Å². The molecule has 1 unspecified atom stereocenters. The largest absolute Gasteiger partial charge is 0.286 e. The Balaban J connectivity index is 1.84. The molecule has 7 heteroatoms. The summed E-state index contributed by atoms with van der Waals surface area (Å²) in [5, 5.41) is 9.74. The van der Waals surface area contributed by atoms with Gasteiger partial charge < -0.3 is 0 Å². The monoisotopic (exact) mass is 292 g/mol. The van der Waals surface area contributed by atoms with Crippen LogP contribution in [-0.4, -0.2) is 33.4 Å². The number of anilines is 1. The number of amides is 1. The average molecular weight is 292 g/mol. The minimum Gasteiger partial charge on any atom is -0.286 e. The standard InChI is InChI=1S/C12H12N4OS2/c17-10-5-8(7-18)6-16(10)12-15-14-11(19-12)9-1-3-13-4-2-9/h1-4,8,18H,5-7H2. The molecule has 3 heterocycles. The second-order valence-corrected chi connectivity index (χ2v) is 5.70. The molecule has 0 bridgehead atoms. The van der Waals surface area contributed by atoms with Crippen LogP contribution in [0.2, 0.25) is 0 Å². The van der Waals surface area contributed by atoms with Gasteiger partial charge in [-0.25, -0.2) is 0 Å². The molecule has 1 fully saturated rings. The lowest BCUT2D eigenvalue weighted by Gasteiger charge is -2.10. The zero-order valence-electron chi connectivity index (χ0n) is 10.1. The molecular weight excluding hydrogens is 280 g/mol. The topological polar surface area (TPSA) is 59.0 Å². The van der Waals surface area contributed by atoms with Crippen LogP contribution in [0.15, 0.2) is 24.5 Å². The number of hydrogen-bond acceptors (Lipinski definition) is 6. The molecular formula is C12H12N4OS2. The Bertz CT molecular complexity index is 586. The Kier molecular flexibility index (Phi) is 3.48. The van der Waals surface area contributed by atoms with Gasteiger partial charge in [0.25, 0.3) is 0 Å². The summed E-state index contributed by atoms with van der Waals surface area (Å²) in [7, 11) is 0. The lowest BCUT2D eigenvalue weighted by molar-refractivity contribution is -0.117. The van der Waals surface area contributed by atoms with Crippen molar-refractivity contribution in [3.8, 4) is 10.6 Å². The number of pyridine rings is 1. The number of carbonyl (C=O) groups is 1. The van der Waals surface area contributed by atoms with Crippen LogP contribution in [0.4, 0.5) is 5.13 Å². The Morgan fingerprint density at radius 3 is 2.84 bits per heavy atom. The van der Waals surface area contributed by atoms with Crippen molar-refractivity contribution in [2.24, 2.45) is 5.92 Å². The maximum absolute atomic E-state index is 11.9. The number of hydrogen-bond donors (Lipinski definition) is 1. The van der Waals surface area contributed by atoms with Gasteiger partial charge in [-0.15, -0.1) is 10.2 Å². The number of aromatic nitrogens is 3. The van der Waals surface area contributed by atoms with Crippen LogP contribution in [0.25, 0.3) is 10.6 Å². The van der Waals surface area contributed by atoms with Crippen LogP contribution in [0.3, 0.4) is 0 Å². The van der Waals surface area contributed by atoms with E-state index < -0.39 is 0 Å². The van der Waals surface area contributed by atoms with Crippen LogP contribution < -0.4 is 4.90 Å². The van der Waals surface area contributed by atoms with Crippen LogP contribution in [-0.2, 0) is 4.79 Å². The van der Waals surface area contributed by atoms with E-state index >= 15 is 0 Å². The first-order valence-electron chi connectivity index (χ1n) is 5.93. The lowest BCUT2D eigenvalue weighted by Crippen LogP contribution is -2.24. The van der Waals surface area contributed by atoms with Crippen molar-refractivity contribution in [3.63, 3.8) is 0 Å². The van der Waals surface area contributed by atoms with Crippen molar-refractivity contribution in [1.29, 1.82) is 0 Å². The Hall–Kier alpha value is -1.47. The quantitative estimate of drug-likeness (QED) is 0.878. The molecule has 3 rings (SSSR count). The molecule has 2 aromatic rings. The second kappa shape index (κ2) is 5.26. The highest BCUT2D eigenvalue weighted by molar-refractivity contribution is 7.80. The third kappa shape index (κ3) is 2.48. The zero-order chi connectivity index (χ0) is 13.2. The minimum atomic E-state index is 0.108. The van der Waals surface area contributed by atoms with Gasteiger partial charge in [0, 0.05) is 30.9 Å². The molecule has 1 amide bonds. The van der Waals surface area contributed by atoms with E-state index in [1.807, 2.05) is 12.1 Å². The molecule has 0 radical (unpaired) electrons. The van der Waals surface area contributed by atoms with E-state index in [4.69, 9.17) is 0 Å². The predicted octanol–water partition coefficient (Wildman–Crippen LogP) is 1.88. The highest BCUT2D eigenvalue weighted by Gasteiger charge is 2.31. The van der Waals surface area contributed by atoms with E-state index in [1.54, 1.807) is 17.3 Å². The van der Waals surface area contributed by atoms with Crippen molar-refractivity contribution in [1.82, 2.24) is 15.2 Å². The summed E-state index contributed by atoms with van der Waals surface area (Å²) in [5.74, 6) is 1.14. The van der Waals surface area contributed by atoms with Gasteiger partial charge in [0.15, 0.2) is 0 Å². The van der Waals surface area contributed by atoms with Gasteiger partial charge in [0.2, 0.25) is 11.0 Å².